The third kappa shape index (κ3) is 3.54. The predicted octanol–water partition coefficient (Wildman–Crippen LogP) is 5.20. The van der Waals surface area contributed by atoms with Gasteiger partial charge in [0.25, 0.3) is 0 Å². The summed E-state index contributed by atoms with van der Waals surface area (Å²) >= 11 is 6.45. The van der Waals surface area contributed by atoms with Gasteiger partial charge in [-0.05, 0) is 18.2 Å². The van der Waals surface area contributed by atoms with Crippen LogP contribution in [0.25, 0.3) is 0 Å². The highest BCUT2D eigenvalue weighted by atomic mass is 79.9. The van der Waals surface area contributed by atoms with E-state index in [-0.39, 0.29) is 18.2 Å². The van der Waals surface area contributed by atoms with Crippen LogP contribution in [-0.4, -0.2) is 0 Å². The third-order valence-corrected chi connectivity index (χ3v) is 3.68. The standard InChI is InChI=1S/C14H10Br2F2O/c15-7-9-2-1-3-12(17)14(9)19-8-10-4-5-11(16)6-13(10)18/h1-6H,7-8H2. The van der Waals surface area contributed by atoms with Crippen molar-refractivity contribution in [2.24, 2.45) is 0 Å². The third-order valence-electron chi connectivity index (χ3n) is 2.58. The molecule has 100 valence electrons. The van der Waals surface area contributed by atoms with E-state index in [2.05, 4.69) is 31.9 Å². The minimum absolute atomic E-state index is 0.0138. The van der Waals surface area contributed by atoms with E-state index in [1.165, 1.54) is 12.1 Å². The van der Waals surface area contributed by atoms with Gasteiger partial charge in [0, 0.05) is 20.9 Å². The summed E-state index contributed by atoms with van der Waals surface area (Å²) in [6.07, 6.45) is 0. The summed E-state index contributed by atoms with van der Waals surface area (Å²) in [6.45, 7) is -0.0138. The van der Waals surface area contributed by atoms with E-state index in [0.717, 1.165) is 0 Å². The average Bonchev–Trinajstić information content (AvgIpc) is 2.39. The molecule has 0 aliphatic carbocycles. The summed E-state index contributed by atoms with van der Waals surface area (Å²) in [7, 11) is 0. The van der Waals surface area contributed by atoms with Gasteiger partial charge in [0.2, 0.25) is 0 Å². The molecule has 0 fully saturated rings. The van der Waals surface area contributed by atoms with Gasteiger partial charge in [-0.15, -0.1) is 0 Å². The summed E-state index contributed by atoms with van der Waals surface area (Å²) in [6, 6.07) is 9.36. The maximum atomic E-state index is 13.7. The molecule has 1 nitrogen and oxygen atoms in total. The molecule has 0 bridgehead atoms. The van der Waals surface area contributed by atoms with E-state index in [9.17, 15) is 8.78 Å². The zero-order valence-corrected chi connectivity index (χ0v) is 13.0. The largest absolute Gasteiger partial charge is 0.485 e. The molecule has 0 amide bonds. The highest BCUT2D eigenvalue weighted by Crippen LogP contribution is 2.26. The second-order valence-corrected chi connectivity index (χ2v) is 5.36. The molecule has 2 aromatic carbocycles. The van der Waals surface area contributed by atoms with Crippen LogP contribution in [0.4, 0.5) is 8.78 Å². The zero-order valence-electron chi connectivity index (χ0n) is 9.80. The second-order valence-electron chi connectivity index (χ2n) is 3.89. The van der Waals surface area contributed by atoms with Crippen LogP contribution in [0.2, 0.25) is 0 Å². The summed E-state index contributed by atoms with van der Waals surface area (Å²) in [5.74, 6) is -0.678. The summed E-state index contributed by atoms with van der Waals surface area (Å²) in [4.78, 5) is 0. The van der Waals surface area contributed by atoms with E-state index < -0.39 is 5.82 Å². The fraction of sp³-hybridized carbons (Fsp3) is 0.143. The molecule has 2 aromatic rings. The number of benzene rings is 2. The van der Waals surface area contributed by atoms with Crippen molar-refractivity contribution in [2.75, 3.05) is 0 Å². The van der Waals surface area contributed by atoms with E-state index in [1.54, 1.807) is 24.3 Å². The van der Waals surface area contributed by atoms with Gasteiger partial charge in [0.1, 0.15) is 12.4 Å². The SMILES string of the molecule is Fc1cc(Br)ccc1COc1c(F)cccc1CBr. The monoisotopic (exact) mass is 390 g/mol. The van der Waals surface area contributed by atoms with Crippen LogP contribution in [0.5, 0.6) is 5.75 Å². The van der Waals surface area contributed by atoms with Crippen LogP contribution in [0.3, 0.4) is 0 Å². The first-order valence-corrected chi connectivity index (χ1v) is 7.43. The summed E-state index contributed by atoms with van der Waals surface area (Å²) < 4.78 is 33.3. The first kappa shape index (κ1) is 14.5. The number of hydrogen-bond acceptors (Lipinski definition) is 1. The fourth-order valence-corrected chi connectivity index (χ4v) is 2.38. The van der Waals surface area contributed by atoms with Gasteiger partial charge in [0.15, 0.2) is 11.6 Å². The lowest BCUT2D eigenvalue weighted by molar-refractivity contribution is 0.282. The number of alkyl halides is 1. The van der Waals surface area contributed by atoms with Gasteiger partial charge in [-0.25, -0.2) is 8.78 Å². The van der Waals surface area contributed by atoms with Crippen LogP contribution < -0.4 is 4.74 Å². The molecular weight excluding hydrogens is 382 g/mol. The van der Waals surface area contributed by atoms with E-state index >= 15 is 0 Å². The van der Waals surface area contributed by atoms with E-state index in [0.29, 0.717) is 20.9 Å². The molecule has 5 heteroatoms. The lowest BCUT2D eigenvalue weighted by atomic mass is 10.2. The lowest BCUT2D eigenvalue weighted by Crippen LogP contribution is -2.02. The second kappa shape index (κ2) is 6.48. The van der Waals surface area contributed by atoms with Crippen molar-refractivity contribution in [3.05, 3.63) is 63.6 Å². The normalized spacial score (nSPS) is 10.5. The molecule has 2 rings (SSSR count). The van der Waals surface area contributed by atoms with Gasteiger partial charge in [-0.2, -0.15) is 0 Å². The van der Waals surface area contributed by atoms with Gasteiger partial charge in [-0.1, -0.05) is 50.1 Å². The average molecular weight is 392 g/mol. The Morgan fingerprint density at radius 3 is 2.47 bits per heavy atom. The Balaban J connectivity index is 2.19. The van der Waals surface area contributed by atoms with Crippen molar-refractivity contribution < 1.29 is 13.5 Å². The summed E-state index contributed by atoms with van der Waals surface area (Å²) in [5, 5.41) is 0.475. The van der Waals surface area contributed by atoms with E-state index in [4.69, 9.17) is 4.74 Å². The molecule has 0 radical (unpaired) electrons. The topological polar surface area (TPSA) is 9.23 Å². The van der Waals surface area contributed by atoms with Crippen LogP contribution in [0.1, 0.15) is 11.1 Å². The Bertz CT molecular complexity index is 588. The molecule has 19 heavy (non-hydrogen) atoms. The van der Waals surface area contributed by atoms with Crippen LogP contribution in [0, 0.1) is 11.6 Å². The Kier molecular flexibility index (Phi) is 4.93. The van der Waals surface area contributed by atoms with Crippen molar-refractivity contribution in [2.45, 2.75) is 11.9 Å². The Morgan fingerprint density at radius 1 is 1.00 bits per heavy atom. The molecule has 0 heterocycles. The minimum atomic E-state index is -0.450. The maximum Gasteiger partial charge on any atom is 0.165 e. The maximum absolute atomic E-state index is 13.7. The number of halogens is 4. The number of para-hydroxylation sites is 1. The molecule has 0 atom stereocenters. The van der Waals surface area contributed by atoms with Crippen molar-refractivity contribution in [3.8, 4) is 5.75 Å². The van der Waals surface area contributed by atoms with Crippen molar-refractivity contribution in [3.63, 3.8) is 0 Å². The number of rotatable bonds is 4. The highest BCUT2D eigenvalue weighted by molar-refractivity contribution is 9.10. The van der Waals surface area contributed by atoms with Gasteiger partial charge in [0.05, 0.1) is 0 Å². The molecular formula is C14H10Br2F2O. The smallest absolute Gasteiger partial charge is 0.165 e. The van der Waals surface area contributed by atoms with Gasteiger partial charge in [-0.3, -0.25) is 0 Å². The first-order valence-electron chi connectivity index (χ1n) is 5.52. The minimum Gasteiger partial charge on any atom is -0.485 e. The quantitative estimate of drug-likeness (QED) is 0.650. The van der Waals surface area contributed by atoms with Crippen molar-refractivity contribution >= 4 is 31.9 Å². The van der Waals surface area contributed by atoms with Crippen LogP contribution in [0.15, 0.2) is 40.9 Å². The van der Waals surface area contributed by atoms with Crippen LogP contribution in [-0.2, 0) is 11.9 Å². The Labute approximate surface area is 126 Å². The van der Waals surface area contributed by atoms with Gasteiger partial charge < -0.3 is 4.74 Å². The Hall–Kier alpha value is -0.940. The van der Waals surface area contributed by atoms with Crippen molar-refractivity contribution in [1.29, 1.82) is 0 Å². The first-order chi connectivity index (χ1) is 9.11. The van der Waals surface area contributed by atoms with Crippen LogP contribution >= 0.6 is 31.9 Å². The fourth-order valence-electron chi connectivity index (χ4n) is 1.61. The van der Waals surface area contributed by atoms with Gasteiger partial charge >= 0.3 is 0 Å². The molecule has 0 N–H and O–H groups in total. The molecule has 0 aromatic heterocycles. The van der Waals surface area contributed by atoms with E-state index in [1.807, 2.05) is 0 Å². The molecule has 0 saturated heterocycles. The summed E-state index contributed by atoms with van der Waals surface area (Å²) in [5.41, 5.74) is 1.07. The predicted molar refractivity (Wildman–Crippen MR) is 77.5 cm³/mol. The highest BCUT2D eigenvalue weighted by Gasteiger charge is 2.10. The zero-order chi connectivity index (χ0) is 13.8. The number of hydrogen-bond donors (Lipinski definition) is 0. The number of ether oxygens (including phenoxy) is 1. The molecule has 0 unspecified atom stereocenters. The molecule has 0 aliphatic rings. The molecule has 0 aliphatic heterocycles. The molecule has 0 spiro atoms. The molecule has 0 saturated carbocycles. The Morgan fingerprint density at radius 2 is 1.79 bits per heavy atom. The van der Waals surface area contributed by atoms with Crippen molar-refractivity contribution in [1.82, 2.24) is 0 Å². The lowest BCUT2D eigenvalue weighted by Gasteiger charge is -2.11.